The minimum absolute atomic E-state index is 0.0618. The smallest absolute Gasteiger partial charge is 0.358 e. The number of carbonyl (C=O) groups is 1. The van der Waals surface area contributed by atoms with Crippen LogP contribution in [0.5, 0.6) is 0 Å². The zero-order valence-corrected chi connectivity index (χ0v) is 10.5. The van der Waals surface area contributed by atoms with Crippen LogP contribution < -0.4 is 0 Å². The number of aromatic nitrogens is 3. The largest absolute Gasteiger partial charge is 0.476 e. The minimum Gasteiger partial charge on any atom is -0.476 e. The third kappa shape index (κ3) is 3.52. The molecule has 0 aliphatic heterocycles. The number of aryl methyl sites for hydroxylation is 1. The number of nitrogens with zero attached hydrogens (tertiary/aromatic N) is 3. The molecule has 0 aliphatic carbocycles. The highest BCUT2D eigenvalue weighted by Crippen LogP contribution is 2.18. The molecule has 0 saturated carbocycles. The fourth-order valence-electron chi connectivity index (χ4n) is 1.72. The van der Waals surface area contributed by atoms with Crippen molar-refractivity contribution >= 4 is 5.97 Å². The first-order valence-corrected chi connectivity index (χ1v) is 5.73. The summed E-state index contributed by atoms with van der Waals surface area (Å²) in [6, 6.07) is 0. The van der Waals surface area contributed by atoms with Gasteiger partial charge in [0.15, 0.2) is 5.69 Å². The van der Waals surface area contributed by atoms with Crippen LogP contribution in [0, 0.1) is 0 Å². The molecule has 1 aromatic heterocycles. The Balaban J connectivity index is 2.74. The van der Waals surface area contributed by atoms with E-state index in [1.165, 1.54) is 0 Å². The van der Waals surface area contributed by atoms with Gasteiger partial charge in [-0.1, -0.05) is 19.1 Å². The van der Waals surface area contributed by atoms with E-state index in [9.17, 15) is 4.79 Å². The molecule has 96 valence electrons. The normalized spacial score (nSPS) is 11.1. The molecule has 0 unspecified atom stereocenters. The van der Waals surface area contributed by atoms with Gasteiger partial charge in [0.05, 0.1) is 5.69 Å². The summed E-state index contributed by atoms with van der Waals surface area (Å²) in [5.74, 6) is -0.921. The van der Waals surface area contributed by atoms with E-state index in [4.69, 9.17) is 9.84 Å². The van der Waals surface area contributed by atoms with Crippen molar-refractivity contribution in [2.75, 3.05) is 13.7 Å². The van der Waals surface area contributed by atoms with Crippen molar-refractivity contribution in [3.8, 4) is 0 Å². The second-order valence-electron chi connectivity index (χ2n) is 4.21. The van der Waals surface area contributed by atoms with Gasteiger partial charge in [-0.3, -0.25) is 0 Å². The highest BCUT2D eigenvalue weighted by atomic mass is 16.5. The molecular weight excluding hydrogens is 222 g/mol. The van der Waals surface area contributed by atoms with Crippen LogP contribution in [0.15, 0.2) is 0 Å². The van der Waals surface area contributed by atoms with Crippen LogP contribution in [-0.4, -0.2) is 39.8 Å². The number of methoxy groups -OCH3 is 1. The number of aromatic carboxylic acids is 1. The fourth-order valence-corrected chi connectivity index (χ4v) is 1.72. The van der Waals surface area contributed by atoms with Crippen LogP contribution in [0.4, 0.5) is 0 Å². The summed E-state index contributed by atoms with van der Waals surface area (Å²) in [4.78, 5) is 11.0. The van der Waals surface area contributed by atoms with Gasteiger partial charge in [-0.25, -0.2) is 9.48 Å². The number of ether oxygens (including phenoxy) is 1. The average molecular weight is 241 g/mol. The molecule has 0 spiro atoms. The SMILES string of the molecule is COCCCCn1nnc(C(=O)O)c1C(C)C. The molecule has 0 aromatic carbocycles. The van der Waals surface area contributed by atoms with E-state index in [1.807, 2.05) is 13.8 Å². The molecule has 0 amide bonds. The van der Waals surface area contributed by atoms with Crippen molar-refractivity contribution in [3.05, 3.63) is 11.4 Å². The van der Waals surface area contributed by atoms with Crippen LogP contribution in [0.25, 0.3) is 0 Å². The molecule has 0 radical (unpaired) electrons. The van der Waals surface area contributed by atoms with E-state index in [0.717, 1.165) is 12.8 Å². The van der Waals surface area contributed by atoms with Crippen molar-refractivity contribution < 1.29 is 14.6 Å². The Morgan fingerprint density at radius 2 is 2.18 bits per heavy atom. The number of hydrogen-bond donors (Lipinski definition) is 1. The molecule has 0 saturated heterocycles. The molecule has 17 heavy (non-hydrogen) atoms. The molecule has 1 rings (SSSR count). The summed E-state index contributed by atoms with van der Waals surface area (Å²) < 4.78 is 6.65. The molecule has 0 atom stereocenters. The predicted molar refractivity (Wildman–Crippen MR) is 62.2 cm³/mol. The van der Waals surface area contributed by atoms with Gasteiger partial charge in [-0.15, -0.1) is 5.10 Å². The van der Waals surface area contributed by atoms with Gasteiger partial charge in [-0.05, 0) is 18.8 Å². The molecule has 6 heteroatoms. The van der Waals surface area contributed by atoms with Crippen LogP contribution in [0.3, 0.4) is 0 Å². The topological polar surface area (TPSA) is 77.2 Å². The van der Waals surface area contributed by atoms with Crippen molar-refractivity contribution in [1.29, 1.82) is 0 Å². The van der Waals surface area contributed by atoms with Crippen LogP contribution in [-0.2, 0) is 11.3 Å². The molecule has 1 heterocycles. The lowest BCUT2D eigenvalue weighted by atomic mass is 10.1. The Bertz CT molecular complexity index is 374. The molecule has 0 fully saturated rings. The van der Waals surface area contributed by atoms with Gasteiger partial charge >= 0.3 is 5.97 Å². The zero-order chi connectivity index (χ0) is 12.8. The summed E-state index contributed by atoms with van der Waals surface area (Å²) in [6.07, 6.45) is 1.83. The maximum Gasteiger partial charge on any atom is 0.358 e. The number of carboxylic acid groups (broad SMARTS) is 1. The molecular formula is C11H19N3O3. The van der Waals surface area contributed by atoms with Gasteiger partial charge < -0.3 is 9.84 Å². The minimum atomic E-state index is -1.02. The first kappa shape index (κ1) is 13.6. The monoisotopic (exact) mass is 241 g/mol. The van der Waals surface area contributed by atoms with Crippen LogP contribution in [0.1, 0.15) is 48.8 Å². The summed E-state index contributed by atoms with van der Waals surface area (Å²) in [5.41, 5.74) is 0.752. The molecule has 1 aromatic rings. The summed E-state index contributed by atoms with van der Waals surface area (Å²) >= 11 is 0. The Labute approximate surface area is 101 Å². The van der Waals surface area contributed by atoms with E-state index in [1.54, 1.807) is 11.8 Å². The maximum atomic E-state index is 11.0. The van der Waals surface area contributed by atoms with Crippen molar-refractivity contribution in [3.63, 3.8) is 0 Å². The van der Waals surface area contributed by atoms with Gasteiger partial charge in [0.2, 0.25) is 0 Å². The third-order valence-corrected chi connectivity index (χ3v) is 2.49. The second kappa shape index (κ2) is 6.34. The lowest BCUT2D eigenvalue weighted by molar-refractivity contribution is 0.0688. The lowest BCUT2D eigenvalue weighted by Crippen LogP contribution is -2.10. The van der Waals surface area contributed by atoms with Crippen molar-refractivity contribution in [1.82, 2.24) is 15.0 Å². The Morgan fingerprint density at radius 3 is 2.71 bits per heavy atom. The first-order valence-electron chi connectivity index (χ1n) is 5.73. The Morgan fingerprint density at radius 1 is 1.47 bits per heavy atom. The number of carboxylic acids is 1. The Hall–Kier alpha value is -1.43. The second-order valence-corrected chi connectivity index (χ2v) is 4.21. The fraction of sp³-hybridized carbons (Fsp3) is 0.727. The maximum absolute atomic E-state index is 11.0. The summed E-state index contributed by atoms with van der Waals surface area (Å²) in [6.45, 7) is 5.27. The van der Waals surface area contributed by atoms with E-state index in [2.05, 4.69) is 10.3 Å². The molecule has 6 nitrogen and oxygen atoms in total. The summed E-state index contributed by atoms with van der Waals surface area (Å²) in [7, 11) is 1.66. The van der Waals surface area contributed by atoms with Crippen LogP contribution >= 0.6 is 0 Å². The predicted octanol–water partition coefficient (Wildman–Crippen LogP) is 1.53. The number of hydrogen-bond acceptors (Lipinski definition) is 4. The van der Waals surface area contributed by atoms with E-state index < -0.39 is 5.97 Å². The van der Waals surface area contributed by atoms with Gasteiger partial charge in [0, 0.05) is 20.3 Å². The number of unbranched alkanes of at least 4 members (excludes halogenated alkanes) is 1. The zero-order valence-electron chi connectivity index (χ0n) is 10.5. The first-order chi connectivity index (χ1) is 8.07. The lowest BCUT2D eigenvalue weighted by Gasteiger charge is -2.09. The van der Waals surface area contributed by atoms with E-state index >= 15 is 0 Å². The van der Waals surface area contributed by atoms with Crippen LogP contribution in [0.2, 0.25) is 0 Å². The van der Waals surface area contributed by atoms with Crippen molar-refractivity contribution in [2.24, 2.45) is 0 Å². The molecule has 0 aliphatic rings. The molecule has 0 bridgehead atoms. The van der Waals surface area contributed by atoms with Gasteiger partial charge in [-0.2, -0.15) is 0 Å². The Kier molecular flexibility index (Phi) is 5.09. The van der Waals surface area contributed by atoms with Gasteiger partial charge in [0.1, 0.15) is 0 Å². The van der Waals surface area contributed by atoms with Gasteiger partial charge in [0.25, 0.3) is 0 Å². The van der Waals surface area contributed by atoms with E-state index in [-0.39, 0.29) is 11.6 Å². The average Bonchev–Trinajstić information content (AvgIpc) is 2.68. The van der Waals surface area contributed by atoms with E-state index in [0.29, 0.717) is 18.8 Å². The molecule has 1 N–H and O–H groups in total. The van der Waals surface area contributed by atoms with Crippen molar-refractivity contribution in [2.45, 2.75) is 39.2 Å². The highest BCUT2D eigenvalue weighted by Gasteiger charge is 2.20. The third-order valence-electron chi connectivity index (χ3n) is 2.49. The quantitative estimate of drug-likeness (QED) is 0.732. The number of rotatable bonds is 7. The standard InChI is InChI=1S/C11H19N3O3/c1-8(2)10-9(11(15)16)12-13-14(10)6-4-5-7-17-3/h8H,4-7H2,1-3H3,(H,15,16). The summed E-state index contributed by atoms with van der Waals surface area (Å²) in [5, 5.41) is 16.6. The highest BCUT2D eigenvalue weighted by molar-refractivity contribution is 5.86.